The zero-order chi connectivity index (χ0) is 22.1. The second kappa shape index (κ2) is 9.42. The normalized spacial score (nSPS) is 18.1. The van der Waals surface area contributed by atoms with Gasteiger partial charge < -0.3 is 0 Å². The van der Waals surface area contributed by atoms with Gasteiger partial charge in [0.1, 0.15) is 11.6 Å². The smallest absolute Gasteiger partial charge is 0.123 e. The van der Waals surface area contributed by atoms with E-state index in [1.807, 2.05) is 24.3 Å². The van der Waals surface area contributed by atoms with Crippen molar-refractivity contribution in [2.24, 2.45) is 0 Å². The summed E-state index contributed by atoms with van der Waals surface area (Å²) < 4.78 is 28.3. The highest BCUT2D eigenvalue weighted by atomic mass is 79.9. The molecule has 0 spiro atoms. The van der Waals surface area contributed by atoms with E-state index >= 15 is 0 Å². The van der Waals surface area contributed by atoms with Gasteiger partial charge >= 0.3 is 0 Å². The predicted molar refractivity (Wildman–Crippen MR) is 127 cm³/mol. The van der Waals surface area contributed by atoms with Gasteiger partial charge in [-0.1, -0.05) is 46.3 Å². The Labute approximate surface area is 197 Å². The molecule has 1 fully saturated rings. The van der Waals surface area contributed by atoms with E-state index in [0.717, 1.165) is 61.0 Å². The standard InChI is InChI=1S/C27H27BrF2N2/c28-23-6-1-22-18-32(14-11-21(22)17-23)26-12-15-31(16-13-26)27(19-2-7-24(29)8-3-19)20-4-9-25(30)10-5-20/h1-10,17,26-27H,11-16,18H2. The summed E-state index contributed by atoms with van der Waals surface area (Å²) in [5, 5.41) is 0. The van der Waals surface area contributed by atoms with Gasteiger partial charge in [0.25, 0.3) is 0 Å². The van der Waals surface area contributed by atoms with Crippen LogP contribution >= 0.6 is 15.9 Å². The number of piperidine rings is 1. The van der Waals surface area contributed by atoms with E-state index in [1.54, 1.807) is 0 Å². The lowest BCUT2D eigenvalue weighted by Gasteiger charge is -2.43. The minimum absolute atomic E-state index is 0.0107. The maximum Gasteiger partial charge on any atom is 0.123 e. The molecule has 3 aromatic rings. The molecule has 0 amide bonds. The molecule has 0 N–H and O–H groups in total. The van der Waals surface area contributed by atoms with Crippen molar-refractivity contribution in [1.29, 1.82) is 0 Å². The predicted octanol–water partition coefficient (Wildman–Crippen LogP) is 6.34. The van der Waals surface area contributed by atoms with E-state index in [9.17, 15) is 8.78 Å². The second-order valence-corrected chi connectivity index (χ2v) is 9.82. The van der Waals surface area contributed by atoms with Crippen LogP contribution in [0.3, 0.4) is 0 Å². The maximum absolute atomic E-state index is 13.6. The third kappa shape index (κ3) is 4.66. The van der Waals surface area contributed by atoms with Gasteiger partial charge in [-0.3, -0.25) is 9.80 Å². The molecular weight excluding hydrogens is 470 g/mol. The summed E-state index contributed by atoms with van der Waals surface area (Å²) in [7, 11) is 0. The Morgan fingerprint density at radius 1 is 0.750 bits per heavy atom. The number of hydrogen-bond donors (Lipinski definition) is 0. The van der Waals surface area contributed by atoms with Gasteiger partial charge in [0, 0.05) is 36.7 Å². The average Bonchev–Trinajstić information content (AvgIpc) is 2.82. The van der Waals surface area contributed by atoms with E-state index in [-0.39, 0.29) is 17.7 Å². The van der Waals surface area contributed by atoms with Crippen LogP contribution in [0.4, 0.5) is 8.78 Å². The highest BCUT2D eigenvalue weighted by molar-refractivity contribution is 9.10. The van der Waals surface area contributed by atoms with Crippen molar-refractivity contribution in [1.82, 2.24) is 9.80 Å². The van der Waals surface area contributed by atoms with Crippen molar-refractivity contribution in [3.05, 3.63) is 105 Å². The molecule has 0 aromatic heterocycles. The first kappa shape index (κ1) is 21.7. The third-order valence-corrected chi connectivity index (χ3v) is 7.46. The van der Waals surface area contributed by atoms with Crippen LogP contribution in [-0.4, -0.2) is 35.5 Å². The van der Waals surface area contributed by atoms with Crippen LogP contribution in [0.5, 0.6) is 0 Å². The topological polar surface area (TPSA) is 6.48 Å². The molecule has 2 aliphatic heterocycles. The number of hydrogen-bond acceptors (Lipinski definition) is 2. The molecule has 2 heterocycles. The van der Waals surface area contributed by atoms with Crippen LogP contribution in [0.25, 0.3) is 0 Å². The van der Waals surface area contributed by atoms with Gasteiger partial charge in [0.2, 0.25) is 0 Å². The molecule has 0 radical (unpaired) electrons. The summed E-state index contributed by atoms with van der Waals surface area (Å²) in [5.41, 5.74) is 5.00. The van der Waals surface area contributed by atoms with Crippen molar-refractivity contribution < 1.29 is 8.78 Å². The lowest BCUT2D eigenvalue weighted by Crippen LogP contribution is -2.47. The molecule has 0 aliphatic carbocycles. The number of nitrogens with zero attached hydrogens (tertiary/aromatic N) is 2. The van der Waals surface area contributed by atoms with Crippen molar-refractivity contribution >= 4 is 15.9 Å². The SMILES string of the molecule is Fc1ccc(C(c2ccc(F)cc2)N2CCC(N3CCc4cc(Br)ccc4C3)CC2)cc1. The quantitative estimate of drug-likeness (QED) is 0.415. The molecule has 0 unspecified atom stereocenters. The highest BCUT2D eigenvalue weighted by Crippen LogP contribution is 2.33. The van der Waals surface area contributed by atoms with Crippen LogP contribution in [0.1, 0.15) is 41.1 Å². The number of halogens is 3. The van der Waals surface area contributed by atoms with E-state index in [4.69, 9.17) is 0 Å². The van der Waals surface area contributed by atoms with E-state index in [0.29, 0.717) is 6.04 Å². The van der Waals surface area contributed by atoms with Gasteiger partial charge in [-0.15, -0.1) is 0 Å². The lowest BCUT2D eigenvalue weighted by molar-refractivity contribution is 0.0842. The zero-order valence-electron chi connectivity index (χ0n) is 18.0. The molecule has 1 saturated heterocycles. The first-order valence-corrected chi connectivity index (χ1v) is 12.1. The van der Waals surface area contributed by atoms with Gasteiger partial charge in [-0.2, -0.15) is 0 Å². The van der Waals surface area contributed by atoms with Crippen LogP contribution in [-0.2, 0) is 13.0 Å². The van der Waals surface area contributed by atoms with Crippen LogP contribution < -0.4 is 0 Å². The molecule has 5 rings (SSSR count). The molecule has 166 valence electrons. The highest BCUT2D eigenvalue weighted by Gasteiger charge is 2.31. The van der Waals surface area contributed by atoms with Crippen molar-refractivity contribution in [2.75, 3.05) is 19.6 Å². The Morgan fingerprint density at radius 3 is 1.94 bits per heavy atom. The van der Waals surface area contributed by atoms with E-state index in [1.165, 1.54) is 35.4 Å². The Morgan fingerprint density at radius 2 is 1.34 bits per heavy atom. The fourth-order valence-electron chi connectivity index (χ4n) is 5.27. The summed E-state index contributed by atoms with van der Waals surface area (Å²) in [6, 6.07) is 20.7. The molecule has 2 nitrogen and oxygen atoms in total. The van der Waals surface area contributed by atoms with Gasteiger partial charge in [0.05, 0.1) is 6.04 Å². The molecule has 0 atom stereocenters. The zero-order valence-corrected chi connectivity index (χ0v) is 19.6. The Bertz CT molecular complexity index is 1010. The molecule has 3 aromatic carbocycles. The Balaban J connectivity index is 1.31. The Kier molecular flexibility index (Phi) is 6.40. The molecule has 2 aliphatic rings. The number of fused-ring (bicyclic) bond motifs is 1. The van der Waals surface area contributed by atoms with Crippen LogP contribution in [0.15, 0.2) is 71.2 Å². The average molecular weight is 497 g/mol. The van der Waals surface area contributed by atoms with Crippen molar-refractivity contribution in [3.63, 3.8) is 0 Å². The minimum atomic E-state index is -0.234. The summed E-state index contributed by atoms with van der Waals surface area (Å²) in [6.45, 7) is 4.06. The molecule has 0 bridgehead atoms. The first-order chi connectivity index (χ1) is 15.6. The summed E-state index contributed by atoms with van der Waals surface area (Å²) >= 11 is 3.59. The number of likely N-dealkylation sites (tertiary alicyclic amines) is 1. The molecule has 5 heteroatoms. The van der Waals surface area contributed by atoms with Crippen LogP contribution in [0, 0.1) is 11.6 Å². The summed E-state index contributed by atoms with van der Waals surface area (Å²) in [4.78, 5) is 5.10. The second-order valence-electron chi connectivity index (χ2n) is 8.91. The van der Waals surface area contributed by atoms with Crippen molar-refractivity contribution in [3.8, 4) is 0 Å². The lowest BCUT2D eigenvalue weighted by atomic mass is 9.92. The molecular formula is C27H27BrF2N2. The van der Waals surface area contributed by atoms with Crippen molar-refractivity contribution in [2.45, 2.75) is 37.9 Å². The van der Waals surface area contributed by atoms with Gasteiger partial charge in [-0.05, 0) is 77.9 Å². The fraction of sp³-hybridized carbons (Fsp3) is 0.333. The van der Waals surface area contributed by atoms with Gasteiger partial charge in [0.15, 0.2) is 0 Å². The summed E-state index contributed by atoms with van der Waals surface area (Å²) in [6.07, 6.45) is 3.30. The third-order valence-electron chi connectivity index (χ3n) is 6.96. The first-order valence-electron chi connectivity index (χ1n) is 11.3. The van der Waals surface area contributed by atoms with E-state index in [2.05, 4.69) is 43.9 Å². The number of rotatable bonds is 4. The van der Waals surface area contributed by atoms with Crippen LogP contribution in [0.2, 0.25) is 0 Å². The maximum atomic E-state index is 13.6. The fourth-order valence-corrected chi connectivity index (χ4v) is 5.68. The van der Waals surface area contributed by atoms with E-state index < -0.39 is 0 Å². The van der Waals surface area contributed by atoms with Gasteiger partial charge in [-0.25, -0.2) is 8.78 Å². The monoisotopic (exact) mass is 496 g/mol. The minimum Gasteiger partial charge on any atom is -0.296 e. The summed E-state index contributed by atoms with van der Waals surface area (Å²) in [5.74, 6) is -0.467. The molecule has 0 saturated carbocycles. The molecule has 32 heavy (non-hydrogen) atoms. The number of benzene rings is 3. The Hall–Kier alpha value is -2.08. The largest absolute Gasteiger partial charge is 0.296 e.